The first-order valence-electron chi connectivity index (χ1n) is 15.5. The second-order valence-electron chi connectivity index (χ2n) is 12.3. The lowest BCUT2D eigenvalue weighted by molar-refractivity contribution is 0.402. The molecule has 0 N–H and O–H groups in total. The fraction of sp³-hybridized carbons (Fsp3) is 0.158. The topological polar surface area (TPSA) is 11.4 Å². The van der Waals surface area contributed by atoms with Crippen LogP contribution in [-0.2, 0) is 0 Å². The number of fused-ring (bicyclic) bond motifs is 9. The first-order valence-corrected chi connectivity index (χ1v) is 15.5. The number of nitrogens with zero attached hydrogens (tertiary/aromatic N) is 3. The fourth-order valence-electron chi connectivity index (χ4n) is 8.88. The van der Waals surface area contributed by atoms with Gasteiger partial charge in [0.1, 0.15) is 0 Å². The summed E-state index contributed by atoms with van der Waals surface area (Å²) in [6, 6.07) is 45.8. The molecular formula is C38H30BN3. The van der Waals surface area contributed by atoms with Gasteiger partial charge in [-0.2, -0.15) is 0 Å². The number of anilines is 5. The quantitative estimate of drug-likeness (QED) is 0.212. The van der Waals surface area contributed by atoms with E-state index in [9.17, 15) is 0 Å². The summed E-state index contributed by atoms with van der Waals surface area (Å²) < 4.78 is 2.56. The Morgan fingerprint density at radius 3 is 2.17 bits per heavy atom. The summed E-state index contributed by atoms with van der Waals surface area (Å²) >= 11 is 0. The predicted octanol–water partition coefficient (Wildman–Crippen LogP) is 7.42. The molecule has 0 radical (unpaired) electrons. The molecule has 1 saturated carbocycles. The van der Waals surface area contributed by atoms with Crippen molar-refractivity contribution in [1.29, 1.82) is 0 Å². The molecule has 0 saturated heterocycles. The summed E-state index contributed by atoms with van der Waals surface area (Å²) in [5.41, 5.74) is 15.0. The molecule has 6 aromatic rings. The summed E-state index contributed by atoms with van der Waals surface area (Å²) in [5, 5.41) is 1.29. The molecule has 200 valence electrons. The van der Waals surface area contributed by atoms with Crippen LogP contribution in [-0.4, -0.2) is 17.3 Å². The van der Waals surface area contributed by atoms with Gasteiger partial charge in [-0.15, -0.1) is 0 Å². The van der Waals surface area contributed by atoms with Gasteiger partial charge in [0.15, 0.2) is 0 Å². The van der Waals surface area contributed by atoms with E-state index in [2.05, 4.69) is 136 Å². The summed E-state index contributed by atoms with van der Waals surface area (Å²) in [5.74, 6) is 0.620. The van der Waals surface area contributed by atoms with Gasteiger partial charge in [0.25, 0.3) is 6.71 Å². The van der Waals surface area contributed by atoms with Crippen LogP contribution in [0, 0.1) is 0 Å². The molecule has 4 heteroatoms. The lowest BCUT2D eigenvalue weighted by Crippen LogP contribution is -2.63. The van der Waals surface area contributed by atoms with E-state index in [1.165, 1.54) is 87.2 Å². The molecule has 0 bridgehead atoms. The minimum atomic E-state index is 0.144. The number of rotatable bonds is 2. The average Bonchev–Trinajstić information content (AvgIpc) is 3.58. The lowest BCUT2D eigenvalue weighted by atomic mass is 9.35. The van der Waals surface area contributed by atoms with Gasteiger partial charge in [-0.3, -0.25) is 0 Å². The van der Waals surface area contributed by atoms with Gasteiger partial charge in [-0.1, -0.05) is 91.7 Å². The van der Waals surface area contributed by atoms with Crippen molar-refractivity contribution in [2.75, 3.05) is 9.80 Å². The zero-order valence-corrected chi connectivity index (χ0v) is 23.4. The van der Waals surface area contributed by atoms with Crippen LogP contribution in [0.3, 0.4) is 0 Å². The number of para-hydroxylation sites is 4. The molecule has 1 aromatic heterocycles. The minimum absolute atomic E-state index is 0.144. The summed E-state index contributed by atoms with van der Waals surface area (Å²) in [6.07, 6.45) is 5.22. The Bertz CT molecular complexity index is 2030. The predicted molar refractivity (Wildman–Crippen MR) is 176 cm³/mol. The molecule has 2 unspecified atom stereocenters. The molecule has 4 heterocycles. The minimum Gasteiger partial charge on any atom is -0.338 e. The SMILES string of the molecule is c1ccc(N2c3cccc4c3B(c3cccc5c3N4C3CCCCC53)c3c2c2ccccc2n3-c2ccccc2)cc1. The lowest BCUT2D eigenvalue weighted by Gasteiger charge is -2.44. The molecule has 1 fully saturated rings. The highest BCUT2D eigenvalue weighted by Crippen LogP contribution is 2.53. The largest absolute Gasteiger partial charge is 0.338 e. The van der Waals surface area contributed by atoms with Crippen LogP contribution in [0.1, 0.15) is 37.2 Å². The van der Waals surface area contributed by atoms with E-state index in [0.717, 1.165) is 0 Å². The zero-order chi connectivity index (χ0) is 27.4. The van der Waals surface area contributed by atoms with Crippen LogP contribution in [0.5, 0.6) is 0 Å². The highest BCUT2D eigenvalue weighted by Gasteiger charge is 2.51. The Hall–Kier alpha value is -4.70. The van der Waals surface area contributed by atoms with Crippen molar-refractivity contribution in [2.45, 2.75) is 37.6 Å². The summed E-state index contributed by atoms with van der Waals surface area (Å²) in [6.45, 7) is 0.144. The van der Waals surface area contributed by atoms with Crippen molar-refractivity contribution >= 4 is 62.6 Å². The van der Waals surface area contributed by atoms with Gasteiger partial charge in [-0.05, 0) is 71.8 Å². The molecule has 0 spiro atoms. The second kappa shape index (κ2) is 8.42. The van der Waals surface area contributed by atoms with E-state index in [0.29, 0.717) is 12.0 Å². The standard InChI is InChI=1S/C38H30BN3/c1-3-13-25(14-4-1)40-33-23-12-24-34-35(33)39(30-20-11-19-28-27-17-7-9-21-31(27)42(34)36(28)30)38-37(40)29-18-8-10-22-32(29)41(38)26-15-5-2-6-16-26/h1-6,8,10-16,18-20,22-24,27,31H,7,9,17,21H2. The van der Waals surface area contributed by atoms with Crippen LogP contribution in [0.25, 0.3) is 16.6 Å². The normalized spacial score (nSPS) is 19.4. The first-order chi connectivity index (χ1) is 20.9. The maximum absolute atomic E-state index is 2.77. The smallest absolute Gasteiger partial charge is 0.273 e. The Kier molecular flexibility index (Phi) is 4.60. The molecule has 4 aliphatic rings. The van der Waals surface area contributed by atoms with Gasteiger partial charge >= 0.3 is 0 Å². The first kappa shape index (κ1) is 22.9. The average molecular weight is 539 g/mol. The van der Waals surface area contributed by atoms with E-state index in [1.807, 2.05) is 0 Å². The molecule has 42 heavy (non-hydrogen) atoms. The van der Waals surface area contributed by atoms with Crippen LogP contribution >= 0.6 is 0 Å². The van der Waals surface area contributed by atoms with Gasteiger partial charge in [0, 0.05) is 51.4 Å². The number of hydrogen-bond acceptors (Lipinski definition) is 2. The van der Waals surface area contributed by atoms with Crippen molar-refractivity contribution in [1.82, 2.24) is 4.57 Å². The van der Waals surface area contributed by atoms with Crippen molar-refractivity contribution in [3.63, 3.8) is 0 Å². The molecule has 0 amide bonds. The maximum atomic E-state index is 2.77. The molecule has 10 rings (SSSR count). The Morgan fingerprint density at radius 2 is 1.31 bits per heavy atom. The van der Waals surface area contributed by atoms with E-state index in [-0.39, 0.29) is 6.71 Å². The van der Waals surface area contributed by atoms with Crippen LogP contribution in [0.4, 0.5) is 28.4 Å². The molecule has 5 aromatic carbocycles. The van der Waals surface area contributed by atoms with Crippen molar-refractivity contribution < 1.29 is 0 Å². The van der Waals surface area contributed by atoms with E-state index in [1.54, 1.807) is 5.56 Å². The van der Waals surface area contributed by atoms with Crippen molar-refractivity contribution in [2.24, 2.45) is 0 Å². The molecular weight excluding hydrogens is 509 g/mol. The highest BCUT2D eigenvalue weighted by atomic mass is 15.2. The molecule has 3 nitrogen and oxygen atoms in total. The third-order valence-electron chi connectivity index (χ3n) is 10.4. The van der Waals surface area contributed by atoms with Gasteiger partial charge in [-0.25, -0.2) is 0 Å². The molecule has 2 atom stereocenters. The van der Waals surface area contributed by atoms with Crippen LogP contribution in [0.15, 0.2) is 121 Å². The van der Waals surface area contributed by atoms with E-state index >= 15 is 0 Å². The summed E-state index contributed by atoms with van der Waals surface area (Å²) in [7, 11) is 0. The van der Waals surface area contributed by atoms with Gasteiger partial charge in [0.05, 0.1) is 11.2 Å². The third-order valence-corrected chi connectivity index (χ3v) is 10.4. The van der Waals surface area contributed by atoms with Crippen LogP contribution in [0.2, 0.25) is 0 Å². The van der Waals surface area contributed by atoms with Crippen molar-refractivity contribution in [3.05, 3.63) is 127 Å². The number of benzene rings is 5. The Balaban J connectivity index is 1.38. The summed E-state index contributed by atoms with van der Waals surface area (Å²) in [4.78, 5) is 5.32. The van der Waals surface area contributed by atoms with Gasteiger partial charge in [0.2, 0.25) is 0 Å². The Labute approximate surface area is 246 Å². The maximum Gasteiger partial charge on any atom is 0.273 e. The number of hydrogen-bond donors (Lipinski definition) is 0. The fourth-order valence-corrected chi connectivity index (χ4v) is 8.88. The van der Waals surface area contributed by atoms with Crippen LogP contribution < -0.4 is 26.3 Å². The van der Waals surface area contributed by atoms with E-state index in [4.69, 9.17) is 0 Å². The van der Waals surface area contributed by atoms with Crippen molar-refractivity contribution in [3.8, 4) is 5.69 Å². The van der Waals surface area contributed by atoms with Gasteiger partial charge < -0.3 is 14.4 Å². The number of aromatic nitrogens is 1. The highest BCUT2D eigenvalue weighted by molar-refractivity contribution is 7.00. The Morgan fingerprint density at radius 1 is 0.595 bits per heavy atom. The third kappa shape index (κ3) is 2.82. The molecule has 1 aliphatic carbocycles. The van der Waals surface area contributed by atoms with E-state index < -0.39 is 0 Å². The molecule has 3 aliphatic heterocycles. The zero-order valence-electron chi connectivity index (χ0n) is 23.4. The monoisotopic (exact) mass is 539 g/mol. The second-order valence-corrected chi connectivity index (χ2v) is 12.3.